The average molecular weight is 331 g/mol. The fourth-order valence-corrected chi connectivity index (χ4v) is 1.70. The number of hydrogen-bond acceptors (Lipinski definition) is 4. The van der Waals surface area contributed by atoms with Crippen LogP contribution < -0.4 is 15.8 Å². The molecule has 0 radical (unpaired) electrons. The van der Waals surface area contributed by atoms with Crippen LogP contribution in [0.1, 0.15) is 24.2 Å². The molecule has 19 heavy (non-hydrogen) atoms. The van der Waals surface area contributed by atoms with Gasteiger partial charge in [0.1, 0.15) is 11.8 Å². The van der Waals surface area contributed by atoms with Gasteiger partial charge >= 0.3 is 5.97 Å². The minimum Gasteiger partial charge on any atom is -0.493 e. The van der Waals surface area contributed by atoms with E-state index in [1.807, 2.05) is 0 Å². The number of rotatable bonds is 5. The lowest BCUT2D eigenvalue weighted by molar-refractivity contribution is -0.138. The van der Waals surface area contributed by atoms with Gasteiger partial charge in [0.25, 0.3) is 5.91 Å². The molecule has 0 unspecified atom stereocenters. The smallest absolute Gasteiger partial charge is 0.325 e. The van der Waals surface area contributed by atoms with Crippen molar-refractivity contribution in [3.8, 4) is 5.75 Å². The summed E-state index contributed by atoms with van der Waals surface area (Å²) in [7, 11) is 0. The number of nitrogens with one attached hydrogen (secondary N) is 1. The first-order valence-corrected chi connectivity index (χ1v) is 6.41. The van der Waals surface area contributed by atoms with Gasteiger partial charge in [-0.25, -0.2) is 0 Å². The predicted octanol–water partition coefficient (Wildman–Crippen LogP) is 1.63. The zero-order valence-electron chi connectivity index (χ0n) is 10.6. The third kappa shape index (κ3) is 3.85. The maximum atomic E-state index is 12.0. The molecule has 0 bridgehead atoms. The van der Waals surface area contributed by atoms with Crippen molar-refractivity contribution in [1.29, 1.82) is 0 Å². The van der Waals surface area contributed by atoms with E-state index in [1.165, 1.54) is 19.1 Å². The summed E-state index contributed by atoms with van der Waals surface area (Å²) in [6.45, 7) is 3.53. The van der Waals surface area contributed by atoms with E-state index in [9.17, 15) is 9.59 Å². The molecule has 0 aliphatic rings. The second kappa shape index (κ2) is 6.42. The molecule has 0 aliphatic heterocycles. The third-order valence-corrected chi connectivity index (χ3v) is 3.05. The van der Waals surface area contributed by atoms with Gasteiger partial charge in [0, 0.05) is 16.2 Å². The second-order valence-electron chi connectivity index (χ2n) is 3.84. The Morgan fingerprint density at radius 2 is 2.16 bits per heavy atom. The Bertz CT molecular complexity index is 505. The molecule has 104 valence electrons. The molecular weight excluding hydrogens is 316 g/mol. The number of hydrogen-bond donors (Lipinski definition) is 3. The SMILES string of the molecule is CCOc1cc(N)c(Br)cc1C(=O)N[C@H](C)C(=O)O. The topological polar surface area (TPSA) is 102 Å². The van der Waals surface area contributed by atoms with E-state index in [0.29, 0.717) is 22.5 Å². The van der Waals surface area contributed by atoms with Crippen LogP contribution >= 0.6 is 15.9 Å². The first-order chi connectivity index (χ1) is 8.86. The highest BCUT2D eigenvalue weighted by atomic mass is 79.9. The maximum Gasteiger partial charge on any atom is 0.325 e. The number of ether oxygens (including phenoxy) is 1. The van der Waals surface area contributed by atoms with Crippen LogP contribution in [0.4, 0.5) is 5.69 Å². The van der Waals surface area contributed by atoms with Gasteiger partial charge in [0.15, 0.2) is 0 Å². The molecule has 1 amide bonds. The number of amides is 1. The van der Waals surface area contributed by atoms with Crippen LogP contribution in [0.25, 0.3) is 0 Å². The Balaban J connectivity index is 3.07. The molecule has 0 aromatic heterocycles. The molecule has 0 fully saturated rings. The van der Waals surface area contributed by atoms with Crippen molar-refractivity contribution in [3.63, 3.8) is 0 Å². The van der Waals surface area contributed by atoms with E-state index < -0.39 is 17.9 Å². The minimum absolute atomic E-state index is 0.232. The van der Waals surface area contributed by atoms with E-state index in [1.54, 1.807) is 6.92 Å². The Kier molecular flexibility index (Phi) is 5.17. The van der Waals surface area contributed by atoms with Crippen LogP contribution in [0.5, 0.6) is 5.75 Å². The van der Waals surface area contributed by atoms with E-state index in [-0.39, 0.29) is 5.56 Å². The first-order valence-electron chi connectivity index (χ1n) is 5.62. The van der Waals surface area contributed by atoms with Gasteiger partial charge in [-0.3, -0.25) is 9.59 Å². The summed E-state index contributed by atoms with van der Waals surface area (Å²) < 4.78 is 5.87. The normalized spacial score (nSPS) is 11.7. The maximum absolute atomic E-state index is 12.0. The molecule has 0 saturated heterocycles. The van der Waals surface area contributed by atoms with E-state index in [0.717, 1.165) is 0 Å². The van der Waals surface area contributed by atoms with Gasteiger partial charge in [-0.2, -0.15) is 0 Å². The van der Waals surface area contributed by atoms with Crippen LogP contribution in [0.2, 0.25) is 0 Å². The molecule has 1 atom stereocenters. The van der Waals surface area contributed by atoms with Gasteiger partial charge in [-0.1, -0.05) is 0 Å². The third-order valence-electron chi connectivity index (χ3n) is 2.36. The summed E-state index contributed by atoms with van der Waals surface area (Å²) in [5.74, 6) is -1.32. The van der Waals surface area contributed by atoms with Crippen molar-refractivity contribution < 1.29 is 19.4 Å². The molecule has 1 aromatic rings. The molecule has 0 aliphatic carbocycles. The number of aliphatic carboxylic acids is 1. The van der Waals surface area contributed by atoms with Gasteiger partial charge in [-0.15, -0.1) is 0 Å². The van der Waals surface area contributed by atoms with Crippen LogP contribution in [0.3, 0.4) is 0 Å². The standard InChI is InChI=1S/C12H15BrN2O4/c1-3-19-10-5-9(14)8(13)4-7(10)11(16)15-6(2)12(17)18/h4-6H,3,14H2,1-2H3,(H,15,16)(H,17,18)/t6-/m1/s1. The number of nitrogen functional groups attached to an aromatic ring is 1. The van der Waals surface area contributed by atoms with Crippen molar-refractivity contribution in [2.45, 2.75) is 19.9 Å². The number of carboxylic acids is 1. The van der Waals surface area contributed by atoms with Crippen LogP contribution in [0.15, 0.2) is 16.6 Å². The lowest BCUT2D eigenvalue weighted by Crippen LogP contribution is -2.38. The predicted molar refractivity (Wildman–Crippen MR) is 74.3 cm³/mol. The number of carbonyl (C=O) groups is 2. The van der Waals surface area contributed by atoms with Crippen molar-refractivity contribution in [1.82, 2.24) is 5.32 Å². The number of carbonyl (C=O) groups excluding carboxylic acids is 1. The largest absolute Gasteiger partial charge is 0.493 e. The summed E-state index contributed by atoms with van der Waals surface area (Å²) in [5, 5.41) is 11.1. The van der Waals surface area contributed by atoms with Gasteiger partial charge in [0.2, 0.25) is 0 Å². The summed E-state index contributed by atoms with van der Waals surface area (Å²) in [6.07, 6.45) is 0. The molecule has 0 spiro atoms. The highest BCUT2D eigenvalue weighted by Crippen LogP contribution is 2.29. The van der Waals surface area contributed by atoms with Crippen molar-refractivity contribution >= 4 is 33.5 Å². The highest BCUT2D eigenvalue weighted by Gasteiger charge is 2.19. The molecule has 0 saturated carbocycles. The number of carboxylic acid groups (broad SMARTS) is 1. The summed E-state index contributed by atoms with van der Waals surface area (Å²) in [5.41, 5.74) is 6.39. The van der Waals surface area contributed by atoms with Crippen LogP contribution in [0, 0.1) is 0 Å². The quantitative estimate of drug-likeness (QED) is 0.712. The Morgan fingerprint density at radius 3 is 2.68 bits per heavy atom. The summed E-state index contributed by atoms with van der Waals surface area (Å²) in [6, 6.07) is 2.04. The first kappa shape index (κ1) is 15.3. The number of nitrogens with two attached hydrogens (primary N) is 1. The highest BCUT2D eigenvalue weighted by molar-refractivity contribution is 9.10. The van der Waals surface area contributed by atoms with Gasteiger partial charge < -0.3 is 20.9 Å². The van der Waals surface area contributed by atoms with Crippen LogP contribution in [-0.2, 0) is 4.79 Å². The Morgan fingerprint density at radius 1 is 1.53 bits per heavy atom. The molecule has 1 rings (SSSR count). The van der Waals surface area contributed by atoms with Crippen LogP contribution in [-0.4, -0.2) is 29.6 Å². The fraction of sp³-hybridized carbons (Fsp3) is 0.333. The summed E-state index contributed by atoms with van der Waals surface area (Å²) in [4.78, 5) is 22.7. The fourth-order valence-electron chi connectivity index (χ4n) is 1.36. The number of halogens is 1. The number of benzene rings is 1. The van der Waals surface area contributed by atoms with E-state index in [4.69, 9.17) is 15.6 Å². The van der Waals surface area contributed by atoms with E-state index in [2.05, 4.69) is 21.2 Å². The summed E-state index contributed by atoms with van der Waals surface area (Å²) >= 11 is 3.22. The van der Waals surface area contributed by atoms with Gasteiger partial charge in [0.05, 0.1) is 12.2 Å². The van der Waals surface area contributed by atoms with Crippen molar-refractivity contribution in [3.05, 3.63) is 22.2 Å². The molecule has 7 heteroatoms. The minimum atomic E-state index is -1.11. The molecule has 4 N–H and O–H groups in total. The second-order valence-corrected chi connectivity index (χ2v) is 4.69. The van der Waals surface area contributed by atoms with Crippen molar-refractivity contribution in [2.24, 2.45) is 0 Å². The van der Waals surface area contributed by atoms with Crippen molar-refractivity contribution in [2.75, 3.05) is 12.3 Å². The average Bonchev–Trinajstić information content (AvgIpc) is 2.33. The zero-order chi connectivity index (χ0) is 14.6. The zero-order valence-corrected chi connectivity index (χ0v) is 12.2. The molecule has 6 nitrogen and oxygen atoms in total. The lowest BCUT2D eigenvalue weighted by atomic mass is 10.1. The molecule has 1 aromatic carbocycles. The molecular formula is C12H15BrN2O4. The Hall–Kier alpha value is -1.76. The van der Waals surface area contributed by atoms with Gasteiger partial charge in [-0.05, 0) is 35.8 Å². The number of anilines is 1. The monoisotopic (exact) mass is 330 g/mol. The Labute approximate surface area is 119 Å². The van der Waals surface area contributed by atoms with E-state index >= 15 is 0 Å². The lowest BCUT2D eigenvalue weighted by Gasteiger charge is -2.14. The molecule has 0 heterocycles.